The number of rotatable bonds is 5. The van der Waals surface area contributed by atoms with Gasteiger partial charge in [0.05, 0.1) is 0 Å². The molecule has 0 saturated carbocycles. The largest absolute Gasteiger partial charge is 0.478 e. The van der Waals surface area contributed by atoms with Gasteiger partial charge in [-0.2, -0.15) is 0 Å². The van der Waals surface area contributed by atoms with Crippen LogP contribution < -0.4 is 10.1 Å². The number of hydrogen-bond acceptors (Lipinski definition) is 4. The quantitative estimate of drug-likeness (QED) is 0.787. The SMILES string of the molecule is CC(C)(C)OC(=O)NCC1CCN(C(=O)C(C)(C)Oc2ccc(Cl)cc2)CC1. The summed E-state index contributed by atoms with van der Waals surface area (Å²) in [5.74, 6) is 0.900. The summed E-state index contributed by atoms with van der Waals surface area (Å²) in [6, 6.07) is 6.99. The second-order valence-electron chi connectivity index (χ2n) is 8.68. The molecule has 7 heteroatoms. The van der Waals surface area contributed by atoms with E-state index in [1.165, 1.54) is 0 Å². The monoisotopic (exact) mass is 410 g/mol. The zero-order valence-electron chi connectivity index (χ0n) is 17.4. The van der Waals surface area contributed by atoms with Gasteiger partial charge >= 0.3 is 6.09 Å². The van der Waals surface area contributed by atoms with Crippen LogP contribution in [0.15, 0.2) is 24.3 Å². The predicted molar refractivity (Wildman–Crippen MR) is 110 cm³/mol. The maximum absolute atomic E-state index is 12.9. The smallest absolute Gasteiger partial charge is 0.407 e. The molecule has 1 heterocycles. The van der Waals surface area contributed by atoms with Gasteiger partial charge in [0.15, 0.2) is 5.60 Å². The Bertz CT molecular complexity index is 675. The van der Waals surface area contributed by atoms with Crippen molar-refractivity contribution in [1.82, 2.24) is 10.2 Å². The third kappa shape index (κ3) is 6.89. The van der Waals surface area contributed by atoms with E-state index in [1.807, 2.05) is 25.7 Å². The van der Waals surface area contributed by atoms with Gasteiger partial charge in [-0.05, 0) is 77.6 Å². The second kappa shape index (κ2) is 9.03. The van der Waals surface area contributed by atoms with Crippen LogP contribution in [-0.4, -0.2) is 47.7 Å². The Kier molecular flexibility index (Phi) is 7.21. The first-order valence-electron chi connectivity index (χ1n) is 9.67. The molecule has 0 radical (unpaired) electrons. The maximum Gasteiger partial charge on any atom is 0.407 e. The van der Waals surface area contributed by atoms with Gasteiger partial charge in [-0.3, -0.25) is 4.79 Å². The standard InChI is InChI=1S/C21H31ClN2O4/c1-20(2,3)28-19(26)23-14-15-10-12-24(13-11-15)18(25)21(4,5)27-17-8-6-16(22)7-9-17/h6-9,15H,10-14H2,1-5H3,(H,23,26). The minimum Gasteiger partial charge on any atom is -0.478 e. The third-order valence-corrected chi connectivity index (χ3v) is 4.79. The van der Waals surface area contributed by atoms with Crippen LogP contribution in [0.1, 0.15) is 47.5 Å². The highest BCUT2D eigenvalue weighted by Crippen LogP contribution is 2.25. The van der Waals surface area contributed by atoms with Gasteiger partial charge in [0.2, 0.25) is 0 Å². The van der Waals surface area contributed by atoms with Crippen LogP contribution in [0.5, 0.6) is 5.75 Å². The molecule has 1 aliphatic heterocycles. The number of ether oxygens (including phenoxy) is 2. The van der Waals surface area contributed by atoms with E-state index in [0.29, 0.717) is 36.3 Å². The molecule has 2 rings (SSSR count). The molecular formula is C21H31ClN2O4. The predicted octanol–water partition coefficient (Wildman–Crippen LogP) is 4.26. The van der Waals surface area contributed by atoms with E-state index >= 15 is 0 Å². The van der Waals surface area contributed by atoms with E-state index in [2.05, 4.69) is 5.32 Å². The summed E-state index contributed by atoms with van der Waals surface area (Å²) < 4.78 is 11.2. The van der Waals surface area contributed by atoms with Crippen molar-refractivity contribution < 1.29 is 19.1 Å². The highest BCUT2D eigenvalue weighted by atomic mass is 35.5. The van der Waals surface area contributed by atoms with Crippen molar-refractivity contribution in [2.24, 2.45) is 5.92 Å². The summed E-state index contributed by atoms with van der Waals surface area (Å²) in [6.45, 7) is 10.9. The van der Waals surface area contributed by atoms with Crippen LogP contribution in [0.4, 0.5) is 4.79 Å². The molecule has 0 spiro atoms. The Labute approximate surface area is 172 Å². The van der Waals surface area contributed by atoms with Gasteiger partial charge in [-0.25, -0.2) is 4.79 Å². The lowest BCUT2D eigenvalue weighted by molar-refractivity contribution is -0.146. The first kappa shape index (κ1) is 22.3. The van der Waals surface area contributed by atoms with Gasteiger partial charge in [-0.1, -0.05) is 11.6 Å². The normalized spacial score (nSPS) is 15.9. The number of likely N-dealkylation sites (tertiary alicyclic amines) is 1. The maximum atomic E-state index is 12.9. The molecule has 0 atom stereocenters. The van der Waals surface area contributed by atoms with E-state index in [9.17, 15) is 9.59 Å². The molecule has 0 bridgehead atoms. The zero-order chi connectivity index (χ0) is 20.9. The van der Waals surface area contributed by atoms with E-state index in [0.717, 1.165) is 12.8 Å². The van der Waals surface area contributed by atoms with Crippen LogP contribution >= 0.6 is 11.6 Å². The molecule has 1 fully saturated rings. The summed E-state index contributed by atoms with van der Waals surface area (Å²) >= 11 is 5.89. The Morgan fingerprint density at radius 3 is 2.21 bits per heavy atom. The van der Waals surface area contributed by atoms with Crippen molar-refractivity contribution in [1.29, 1.82) is 0 Å². The van der Waals surface area contributed by atoms with Gasteiger partial charge in [0, 0.05) is 24.7 Å². The number of nitrogens with one attached hydrogen (secondary N) is 1. The Morgan fingerprint density at radius 2 is 1.68 bits per heavy atom. The van der Waals surface area contributed by atoms with Gasteiger partial charge in [0.25, 0.3) is 5.91 Å². The number of carbonyl (C=O) groups is 2. The zero-order valence-corrected chi connectivity index (χ0v) is 18.1. The van der Waals surface area contributed by atoms with E-state index < -0.39 is 17.3 Å². The summed E-state index contributed by atoms with van der Waals surface area (Å²) in [6.07, 6.45) is 1.26. The molecule has 2 amide bonds. The molecule has 1 saturated heterocycles. The summed E-state index contributed by atoms with van der Waals surface area (Å²) in [5.41, 5.74) is -1.47. The highest BCUT2D eigenvalue weighted by molar-refractivity contribution is 6.30. The fourth-order valence-corrected chi connectivity index (χ4v) is 3.23. The number of alkyl carbamates (subject to hydrolysis) is 1. The van der Waals surface area contributed by atoms with E-state index in [4.69, 9.17) is 21.1 Å². The highest BCUT2D eigenvalue weighted by Gasteiger charge is 2.36. The minimum atomic E-state index is -0.963. The van der Waals surface area contributed by atoms with Crippen molar-refractivity contribution in [2.45, 2.75) is 58.7 Å². The summed E-state index contributed by atoms with van der Waals surface area (Å²) in [7, 11) is 0. The van der Waals surface area contributed by atoms with E-state index in [-0.39, 0.29) is 5.91 Å². The van der Waals surface area contributed by atoms with Crippen LogP contribution in [0.25, 0.3) is 0 Å². The number of benzene rings is 1. The fraction of sp³-hybridized carbons (Fsp3) is 0.619. The molecule has 0 aliphatic carbocycles. The average molecular weight is 411 g/mol. The fourth-order valence-electron chi connectivity index (χ4n) is 3.10. The molecule has 1 N–H and O–H groups in total. The van der Waals surface area contributed by atoms with E-state index in [1.54, 1.807) is 38.1 Å². The van der Waals surface area contributed by atoms with Crippen LogP contribution in [-0.2, 0) is 9.53 Å². The lowest BCUT2D eigenvalue weighted by Crippen LogP contribution is -2.52. The van der Waals surface area contributed by atoms with Gasteiger partial charge in [0.1, 0.15) is 11.4 Å². The molecule has 1 aromatic carbocycles. The summed E-state index contributed by atoms with van der Waals surface area (Å²) in [4.78, 5) is 26.5. The first-order valence-corrected chi connectivity index (χ1v) is 10.0. The van der Waals surface area contributed by atoms with Crippen LogP contribution in [0, 0.1) is 5.92 Å². The Balaban J connectivity index is 1.80. The Morgan fingerprint density at radius 1 is 1.11 bits per heavy atom. The Hall–Kier alpha value is -1.95. The third-order valence-electron chi connectivity index (χ3n) is 4.54. The van der Waals surface area contributed by atoms with Crippen LogP contribution in [0.3, 0.4) is 0 Å². The average Bonchev–Trinajstić information content (AvgIpc) is 2.60. The minimum absolute atomic E-state index is 0.0407. The van der Waals surface area contributed by atoms with Gasteiger partial charge in [-0.15, -0.1) is 0 Å². The topological polar surface area (TPSA) is 67.9 Å². The number of halogens is 1. The molecule has 6 nitrogen and oxygen atoms in total. The molecule has 28 heavy (non-hydrogen) atoms. The molecule has 156 valence electrons. The molecule has 1 aromatic rings. The van der Waals surface area contributed by atoms with Crippen molar-refractivity contribution >= 4 is 23.6 Å². The lowest BCUT2D eigenvalue weighted by Gasteiger charge is -2.37. The number of hydrogen-bond donors (Lipinski definition) is 1. The van der Waals surface area contributed by atoms with Crippen molar-refractivity contribution in [3.05, 3.63) is 29.3 Å². The number of amides is 2. The molecule has 1 aliphatic rings. The molecule has 0 aromatic heterocycles. The lowest BCUT2D eigenvalue weighted by atomic mass is 9.95. The number of nitrogens with zero attached hydrogens (tertiary/aromatic N) is 1. The second-order valence-corrected chi connectivity index (χ2v) is 9.12. The van der Waals surface area contributed by atoms with Crippen molar-refractivity contribution in [3.63, 3.8) is 0 Å². The summed E-state index contributed by atoms with van der Waals surface area (Å²) in [5, 5.41) is 3.44. The molecular weight excluding hydrogens is 380 g/mol. The number of carbonyl (C=O) groups excluding carboxylic acids is 2. The van der Waals surface area contributed by atoms with Crippen molar-refractivity contribution in [3.8, 4) is 5.75 Å². The number of piperidine rings is 1. The first-order chi connectivity index (χ1) is 13.0. The van der Waals surface area contributed by atoms with Crippen LogP contribution in [0.2, 0.25) is 5.02 Å². The molecule has 0 unspecified atom stereocenters. The van der Waals surface area contributed by atoms with Gasteiger partial charge < -0.3 is 19.7 Å². The van der Waals surface area contributed by atoms with Crippen molar-refractivity contribution in [2.75, 3.05) is 19.6 Å².